The normalized spacial score (nSPS) is 11.1. The molecule has 0 saturated carbocycles. The monoisotopic (exact) mass is 330 g/mol. The van der Waals surface area contributed by atoms with E-state index in [-0.39, 0.29) is 5.16 Å². The van der Waals surface area contributed by atoms with Gasteiger partial charge in [-0.05, 0) is 23.9 Å². The SMILES string of the molecule is Cn1c(Sc2c(F)c(F)nc(F)c2F)nnc1-c1ccco1. The van der Waals surface area contributed by atoms with Gasteiger partial charge < -0.3 is 8.98 Å². The highest BCUT2D eigenvalue weighted by Crippen LogP contribution is 2.33. The van der Waals surface area contributed by atoms with Crippen LogP contribution in [0, 0.1) is 23.5 Å². The Labute approximate surface area is 125 Å². The summed E-state index contributed by atoms with van der Waals surface area (Å²) in [6, 6.07) is 3.25. The molecule has 0 saturated heterocycles. The molecule has 10 heteroatoms. The van der Waals surface area contributed by atoms with E-state index in [0.29, 0.717) is 23.3 Å². The maximum absolute atomic E-state index is 13.6. The first-order chi connectivity index (χ1) is 10.5. The number of pyridine rings is 1. The third kappa shape index (κ3) is 2.34. The summed E-state index contributed by atoms with van der Waals surface area (Å²) in [5.74, 6) is -5.96. The van der Waals surface area contributed by atoms with Crippen LogP contribution in [0.25, 0.3) is 11.6 Å². The first kappa shape index (κ1) is 14.6. The maximum Gasteiger partial charge on any atom is 0.252 e. The Kier molecular flexibility index (Phi) is 3.61. The average molecular weight is 330 g/mol. The lowest BCUT2D eigenvalue weighted by atomic mass is 10.4. The summed E-state index contributed by atoms with van der Waals surface area (Å²) in [4.78, 5) is 1.61. The molecule has 0 unspecified atom stereocenters. The van der Waals surface area contributed by atoms with E-state index in [2.05, 4.69) is 15.2 Å². The fraction of sp³-hybridized carbons (Fsp3) is 0.0833. The molecule has 3 rings (SSSR count). The highest BCUT2D eigenvalue weighted by atomic mass is 32.2. The lowest BCUT2D eigenvalue weighted by Crippen LogP contribution is -2.03. The summed E-state index contributed by atoms with van der Waals surface area (Å²) in [6.07, 6.45) is 1.42. The number of halogens is 4. The van der Waals surface area contributed by atoms with E-state index in [1.54, 1.807) is 12.1 Å². The Hall–Kier alpha value is -2.36. The molecule has 0 aliphatic carbocycles. The zero-order valence-electron chi connectivity index (χ0n) is 10.8. The van der Waals surface area contributed by atoms with Gasteiger partial charge in [0.2, 0.25) is 0 Å². The van der Waals surface area contributed by atoms with Crippen molar-refractivity contribution in [1.29, 1.82) is 0 Å². The van der Waals surface area contributed by atoms with Crippen LogP contribution < -0.4 is 0 Å². The second-order valence-corrected chi connectivity index (χ2v) is 5.07. The van der Waals surface area contributed by atoms with Crippen LogP contribution in [0.5, 0.6) is 0 Å². The molecule has 22 heavy (non-hydrogen) atoms. The van der Waals surface area contributed by atoms with E-state index in [1.165, 1.54) is 17.9 Å². The van der Waals surface area contributed by atoms with Crippen molar-refractivity contribution in [2.75, 3.05) is 0 Å². The molecular weight excluding hydrogens is 324 g/mol. The fourth-order valence-corrected chi connectivity index (χ4v) is 2.51. The van der Waals surface area contributed by atoms with E-state index < -0.39 is 28.4 Å². The van der Waals surface area contributed by atoms with Gasteiger partial charge in [0.25, 0.3) is 11.9 Å². The van der Waals surface area contributed by atoms with Gasteiger partial charge in [0, 0.05) is 7.05 Å². The van der Waals surface area contributed by atoms with Crippen molar-refractivity contribution in [2.24, 2.45) is 7.05 Å². The van der Waals surface area contributed by atoms with Crippen LogP contribution in [0.15, 0.2) is 32.9 Å². The molecule has 3 aromatic heterocycles. The van der Waals surface area contributed by atoms with Crippen LogP contribution in [-0.4, -0.2) is 19.7 Å². The standard InChI is InChI=1S/C12H6F4N4OS/c1-20-11(5-3-2-4-21-5)18-19-12(20)22-8-6(13)9(15)17-10(16)7(8)14/h2-4H,1H3. The van der Waals surface area contributed by atoms with Crippen LogP contribution in [0.3, 0.4) is 0 Å². The van der Waals surface area contributed by atoms with Gasteiger partial charge in [0.05, 0.1) is 11.2 Å². The molecule has 0 radical (unpaired) electrons. The molecule has 0 fully saturated rings. The molecule has 0 aromatic carbocycles. The van der Waals surface area contributed by atoms with Crippen LogP contribution in [0.4, 0.5) is 17.6 Å². The highest BCUT2D eigenvalue weighted by molar-refractivity contribution is 7.99. The number of hydrogen-bond acceptors (Lipinski definition) is 5. The van der Waals surface area contributed by atoms with Gasteiger partial charge in [0.15, 0.2) is 28.4 Å². The van der Waals surface area contributed by atoms with E-state index in [1.807, 2.05) is 0 Å². The van der Waals surface area contributed by atoms with Crippen molar-refractivity contribution in [3.8, 4) is 11.6 Å². The number of aromatic nitrogens is 4. The minimum Gasteiger partial charge on any atom is -0.461 e. The van der Waals surface area contributed by atoms with Crippen molar-refractivity contribution in [1.82, 2.24) is 19.7 Å². The molecule has 3 heterocycles. The van der Waals surface area contributed by atoms with Gasteiger partial charge in [-0.2, -0.15) is 13.8 Å². The van der Waals surface area contributed by atoms with Gasteiger partial charge in [0.1, 0.15) is 0 Å². The quantitative estimate of drug-likeness (QED) is 0.545. The number of rotatable bonds is 3. The van der Waals surface area contributed by atoms with Gasteiger partial charge in [-0.3, -0.25) is 0 Å². The molecule has 0 amide bonds. The zero-order chi connectivity index (χ0) is 15.9. The molecule has 0 atom stereocenters. The topological polar surface area (TPSA) is 56.7 Å². The summed E-state index contributed by atoms with van der Waals surface area (Å²) in [5, 5.41) is 7.56. The fourth-order valence-electron chi connectivity index (χ4n) is 1.67. The second-order valence-electron chi connectivity index (χ2n) is 4.10. The van der Waals surface area contributed by atoms with Gasteiger partial charge in [-0.15, -0.1) is 10.2 Å². The summed E-state index contributed by atoms with van der Waals surface area (Å²) >= 11 is 0.392. The van der Waals surface area contributed by atoms with Gasteiger partial charge in [-0.25, -0.2) is 8.78 Å². The Balaban J connectivity index is 2.02. The molecule has 0 aliphatic heterocycles. The Morgan fingerprint density at radius 2 is 1.77 bits per heavy atom. The second kappa shape index (κ2) is 5.44. The van der Waals surface area contributed by atoms with Crippen LogP contribution in [0.1, 0.15) is 0 Å². The zero-order valence-corrected chi connectivity index (χ0v) is 11.7. The Morgan fingerprint density at radius 3 is 2.36 bits per heavy atom. The van der Waals surface area contributed by atoms with Crippen LogP contribution in [-0.2, 0) is 7.05 Å². The minimum absolute atomic E-state index is 0.0224. The van der Waals surface area contributed by atoms with Gasteiger partial charge >= 0.3 is 0 Å². The van der Waals surface area contributed by atoms with Crippen LogP contribution >= 0.6 is 11.8 Å². The van der Waals surface area contributed by atoms with Crippen molar-refractivity contribution >= 4 is 11.8 Å². The minimum atomic E-state index is -1.73. The number of hydrogen-bond donors (Lipinski definition) is 0. The highest BCUT2D eigenvalue weighted by Gasteiger charge is 2.24. The number of furan rings is 1. The van der Waals surface area contributed by atoms with E-state index in [0.717, 1.165) is 0 Å². The number of nitrogens with zero attached hydrogens (tertiary/aromatic N) is 4. The first-order valence-electron chi connectivity index (χ1n) is 5.80. The molecule has 0 bridgehead atoms. The van der Waals surface area contributed by atoms with Gasteiger partial charge in [-0.1, -0.05) is 0 Å². The van der Waals surface area contributed by atoms with Crippen molar-refractivity contribution < 1.29 is 22.0 Å². The lowest BCUT2D eigenvalue weighted by molar-refractivity contribution is 0.383. The predicted molar refractivity (Wildman–Crippen MR) is 66.9 cm³/mol. The van der Waals surface area contributed by atoms with E-state index in [4.69, 9.17) is 4.42 Å². The van der Waals surface area contributed by atoms with Crippen molar-refractivity contribution in [2.45, 2.75) is 10.1 Å². The van der Waals surface area contributed by atoms with E-state index in [9.17, 15) is 17.6 Å². The third-order valence-corrected chi connectivity index (χ3v) is 3.83. The molecular formula is C12H6F4N4OS. The Morgan fingerprint density at radius 1 is 1.09 bits per heavy atom. The molecule has 5 nitrogen and oxygen atoms in total. The smallest absolute Gasteiger partial charge is 0.252 e. The summed E-state index contributed by atoms with van der Waals surface area (Å²) in [7, 11) is 1.52. The average Bonchev–Trinajstić information content (AvgIpc) is 3.12. The summed E-state index contributed by atoms with van der Waals surface area (Å²) in [5.41, 5.74) is 0. The van der Waals surface area contributed by atoms with Crippen molar-refractivity contribution in [3.63, 3.8) is 0 Å². The van der Waals surface area contributed by atoms with E-state index >= 15 is 0 Å². The molecule has 0 N–H and O–H groups in total. The summed E-state index contributed by atoms with van der Waals surface area (Å²) < 4.78 is 59.9. The predicted octanol–water partition coefficient (Wildman–Crippen LogP) is 3.18. The first-order valence-corrected chi connectivity index (χ1v) is 6.61. The Bertz CT molecular complexity index is 808. The third-order valence-electron chi connectivity index (χ3n) is 2.73. The summed E-state index contributed by atoms with van der Waals surface area (Å²) in [6.45, 7) is 0. The van der Waals surface area contributed by atoms with Crippen LogP contribution in [0.2, 0.25) is 0 Å². The molecule has 3 aromatic rings. The molecule has 114 valence electrons. The molecule has 0 aliphatic rings. The van der Waals surface area contributed by atoms with Crippen molar-refractivity contribution in [3.05, 3.63) is 41.9 Å². The molecule has 0 spiro atoms. The lowest BCUT2D eigenvalue weighted by Gasteiger charge is -2.05. The largest absolute Gasteiger partial charge is 0.461 e. The maximum atomic E-state index is 13.6.